The standard InChI is InChI=1S/C19H32N4O2.ClH/c1-16-14-18(20-23(16)19-6-4-3-5-7-19)15-25-13-12-21-8-10-22(11-9-21)17(2)24;/h14,19H,3-13,15H2,1-2H3;1H. The molecule has 148 valence electrons. The molecule has 26 heavy (non-hydrogen) atoms. The highest BCUT2D eigenvalue weighted by Crippen LogP contribution is 2.28. The van der Waals surface area contributed by atoms with Crippen LogP contribution in [0.5, 0.6) is 0 Å². The molecule has 1 aromatic heterocycles. The normalized spacial score (nSPS) is 19.4. The molecule has 0 radical (unpaired) electrons. The second kappa shape index (κ2) is 10.3. The van der Waals surface area contributed by atoms with Crippen LogP contribution < -0.4 is 0 Å². The van der Waals surface area contributed by atoms with Crippen LogP contribution in [0.3, 0.4) is 0 Å². The Hall–Kier alpha value is -1.11. The van der Waals surface area contributed by atoms with Crippen molar-refractivity contribution in [1.82, 2.24) is 19.6 Å². The Labute approximate surface area is 163 Å². The lowest BCUT2D eigenvalue weighted by molar-refractivity contribution is -0.130. The lowest BCUT2D eigenvalue weighted by Gasteiger charge is -2.34. The van der Waals surface area contributed by atoms with Crippen molar-refractivity contribution in [3.8, 4) is 0 Å². The van der Waals surface area contributed by atoms with Gasteiger partial charge in [0.1, 0.15) is 0 Å². The first-order chi connectivity index (χ1) is 12.1. The highest BCUT2D eigenvalue weighted by molar-refractivity contribution is 5.85. The number of nitrogens with zero attached hydrogens (tertiary/aromatic N) is 4. The van der Waals surface area contributed by atoms with Crippen molar-refractivity contribution in [3.05, 3.63) is 17.5 Å². The number of halogens is 1. The Morgan fingerprint density at radius 1 is 1.19 bits per heavy atom. The van der Waals surface area contributed by atoms with Crippen LogP contribution >= 0.6 is 12.4 Å². The maximum atomic E-state index is 11.3. The zero-order valence-electron chi connectivity index (χ0n) is 16.2. The Bertz CT molecular complexity index is 564. The minimum Gasteiger partial charge on any atom is -0.374 e. The zero-order chi connectivity index (χ0) is 17.6. The van der Waals surface area contributed by atoms with E-state index in [-0.39, 0.29) is 18.3 Å². The molecule has 0 N–H and O–H groups in total. The fraction of sp³-hybridized carbons (Fsp3) is 0.789. The molecule has 1 saturated carbocycles. The number of aryl methyl sites for hydroxylation is 1. The molecule has 0 spiro atoms. The summed E-state index contributed by atoms with van der Waals surface area (Å²) in [7, 11) is 0. The van der Waals surface area contributed by atoms with Crippen LogP contribution in [-0.4, -0.2) is 64.8 Å². The van der Waals surface area contributed by atoms with E-state index in [2.05, 4.69) is 22.6 Å². The number of hydrogen-bond donors (Lipinski definition) is 0. The lowest BCUT2D eigenvalue weighted by atomic mass is 9.95. The van der Waals surface area contributed by atoms with Gasteiger partial charge in [-0.2, -0.15) is 5.10 Å². The molecule has 6 nitrogen and oxygen atoms in total. The third-order valence-corrected chi connectivity index (χ3v) is 5.51. The summed E-state index contributed by atoms with van der Waals surface area (Å²) in [6.45, 7) is 9.58. The number of carbonyl (C=O) groups excluding carboxylic acids is 1. The summed E-state index contributed by atoms with van der Waals surface area (Å²) in [5, 5.41) is 4.78. The third-order valence-electron chi connectivity index (χ3n) is 5.51. The van der Waals surface area contributed by atoms with E-state index in [0.717, 1.165) is 45.0 Å². The second-order valence-corrected chi connectivity index (χ2v) is 7.41. The van der Waals surface area contributed by atoms with Gasteiger partial charge in [0.15, 0.2) is 0 Å². The molecule has 1 aromatic rings. The molecular formula is C19H33ClN4O2. The number of ether oxygens (including phenoxy) is 1. The van der Waals surface area contributed by atoms with Crippen molar-refractivity contribution in [2.45, 2.75) is 58.6 Å². The lowest BCUT2D eigenvalue weighted by Crippen LogP contribution is -2.48. The van der Waals surface area contributed by atoms with Crippen LogP contribution in [0, 0.1) is 6.92 Å². The molecule has 0 atom stereocenters. The van der Waals surface area contributed by atoms with Crippen LogP contribution in [0.25, 0.3) is 0 Å². The Kier molecular flexibility index (Phi) is 8.38. The molecule has 0 unspecified atom stereocenters. The number of piperazine rings is 1. The minimum absolute atomic E-state index is 0. The van der Waals surface area contributed by atoms with Gasteiger partial charge in [0.05, 0.1) is 24.9 Å². The first kappa shape index (κ1) is 21.2. The summed E-state index contributed by atoms with van der Waals surface area (Å²) in [6.07, 6.45) is 6.54. The zero-order valence-corrected chi connectivity index (χ0v) is 17.0. The average molecular weight is 385 g/mol. The Morgan fingerprint density at radius 3 is 2.54 bits per heavy atom. The SMILES string of the molecule is CC(=O)N1CCN(CCOCc2cc(C)n(C3CCCCC3)n2)CC1.Cl. The molecule has 2 fully saturated rings. The minimum atomic E-state index is 0. The summed E-state index contributed by atoms with van der Waals surface area (Å²) in [6, 6.07) is 2.75. The van der Waals surface area contributed by atoms with Gasteiger partial charge in [-0.15, -0.1) is 12.4 Å². The van der Waals surface area contributed by atoms with Crippen molar-refractivity contribution in [2.75, 3.05) is 39.3 Å². The Balaban J connectivity index is 0.00000243. The molecule has 0 bridgehead atoms. The fourth-order valence-electron chi connectivity index (χ4n) is 3.98. The summed E-state index contributed by atoms with van der Waals surface area (Å²) >= 11 is 0. The summed E-state index contributed by atoms with van der Waals surface area (Å²) in [5.74, 6) is 0.180. The van der Waals surface area contributed by atoms with E-state index in [9.17, 15) is 4.79 Å². The quantitative estimate of drug-likeness (QED) is 0.707. The molecule has 7 heteroatoms. The van der Waals surface area contributed by atoms with E-state index in [1.165, 1.54) is 37.8 Å². The monoisotopic (exact) mass is 384 g/mol. The number of aromatic nitrogens is 2. The van der Waals surface area contributed by atoms with Gasteiger partial charge in [-0.25, -0.2) is 0 Å². The molecule has 1 aliphatic heterocycles. The summed E-state index contributed by atoms with van der Waals surface area (Å²) in [4.78, 5) is 15.6. The fourth-order valence-corrected chi connectivity index (χ4v) is 3.98. The van der Waals surface area contributed by atoms with Crippen molar-refractivity contribution in [1.29, 1.82) is 0 Å². The highest BCUT2D eigenvalue weighted by Gasteiger charge is 2.19. The smallest absolute Gasteiger partial charge is 0.219 e. The van der Waals surface area contributed by atoms with Crippen molar-refractivity contribution >= 4 is 18.3 Å². The number of rotatable bonds is 6. The van der Waals surface area contributed by atoms with E-state index in [4.69, 9.17) is 9.84 Å². The van der Waals surface area contributed by atoms with Gasteiger partial charge >= 0.3 is 0 Å². The van der Waals surface area contributed by atoms with E-state index in [1.54, 1.807) is 6.92 Å². The van der Waals surface area contributed by atoms with Gasteiger partial charge in [0, 0.05) is 45.3 Å². The van der Waals surface area contributed by atoms with Gasteiger partial charge in [-0.05, 0) is 25.8 Å². The maximum Gasteiger partial charge on any atom is 0.219 e. The number of amides is 1. The van der Waals surface area contributed by atoms with Gasteiger partial charge in [-0.1, -0.05) is 19.3 Å². The van der Waals surface area contributed by atoms with Crippen molar-refractivity contribution in [2.24, 2.45) is 0 Å². The number of carbonyl (C=O) groups is 1. The largest absolute Gasteiger partial charge is 0.374 e. The van der Waals surface area contributed by atoms with Crippen LogP contribution in [0.4, 0.5) is 0 Å². The highest BCUT2D eigenvalue weighted by atomic mass is 35.5. The average Bonchev–Trinajstić information content (AvgIpc) is 3.00. The molecule has 1 saturated heterocycles. The van der Waals surface area contributed by atoms with Crippen LogP contribution in [-0.2, 0) is 16.1 Å². The molecular weight excluding hydrogens is 352 g/mol. The van der Waals surface area contributed by atoms with E-state index >= 15 is 0 Å². The van der Waals surface area contributed by atoms with Gasteiger partial charge in [-0.3, -0.25) is 14.4 Å². The predicted octanol–water partition coefficient (Wildman–Crippen LogP) is 2.80. The maximum absolute atomic E-state index is 11.3. The molecule has 2 aliphatic rings. The van der Waals surface area contributed by atoms with Gasteiger partial charge < -0.3 is 9.64 Å². The second-order valence-electron chi connectivity index (χ2n) is 7.41. The molecule has 2 heterocycles. The van der Waals surface area contributed by atoms with Crippen molar-refractivity contribution in [3.63, 3.8) is 0 Å². The molecule has 0 aromatic carbocycles. The number of hydrogen-bond acceptors (Lipinski definition) is 4. The summed E-state index contributed by atoms with van der Waals surface area (Å²) in [5.41, 5.74) is 2.30. The predicted molar refractivity (Wildman–Crippen MR) is 105 cm³/mol. The summed E-state index contributed by atoms with van der Waals surface area (Å²) < 4.78 is 8.08. The van der Waals surface area contributed by atoms with Gasteiger partial charge in [0.25, 0.3) is 0 Å². The molecule has 3 rings (SSSR count). The third kappa shape index (κ3) is 5.69. The Morgan fingerprint density at radius 2 is 1.88 bits per heavy atom. The van der Waals surface area contributed by atoms with Crippen LogP contribution in [0.2, 0.25) is 0 Å². The van der Waals surface area contributed by atoms with E-state index < -0.39 is 0 Å². The van der Waals surface area contributed by atoms with E-state index in [0.29, 0.717) is 12.6 Å². The van der Waals surface area contributed by atoms with Crippen molar-refractivity contribution < 1.29 is 9.53 Å². The molecule has 1 aliphatic carbocycles. The van der Waals surface area contributed by atoms with Crippen LogP contribution in [0.1, 0.15) is 56.5 Å². The first-order valence-corrected chi connectivity index (χ1v) is 9.74. The van der Waals surface area contributed by atoms with E-state index in [1.807, 2.05) is 4.90 Å². The first-order valence-electron chi connectivity index (χ1n) is 9.74. The van der Waals surface area contributed by atoms with Crippen LogP contribution in [0.15, 0.2) is 6.07 Å². The molecule has 1 amide bonds. The topological polar surface area (TPSA) is 50.6 Å². The van der Waals surface area contributed by atoms with Gasteiger partial charge in [0.2, 0.25) is 5.91 Å².